The maximum Gasteiger partial charge on any atom is 0.194 e. The van der Waals surface area contributed by atoms with Crippen LogP contribution in [0.4, 0.5) is 56.6 Å². The Labute approximate surface area is 151 Å². The molecule has 0 radical (unpaired) electrons. The summed E-state index contributed by atoms with van der Waals surface area (Å²) in [6.45, 7) is 0. The van der Waals surface area contributed by atoms with Gasteiger partial charge in [-0.25, -0.2) is 39.5 Å². The van der Waals surface area contributed by atoms with Gasteiger partial charge in [0.15, 0.2) is 52.4 Å². The van der Waals surface area contributed by atoms with E-state index in [0.717, 1.165) is 0 Å². The summed E-state index contributed by atoms with van der Waals surface area (Å²) in [6, 6.07) is 2.15. The Hall–Kier alpha value is -3.17. The Morgan fingerprint density at radius 1 is 0.357 bits per heavy atom. The molecule has 0 aromatic heterocycles. The molecule has 10 heteroatoms. The van der Waals surface area contributed by atoms with Crippen LogP contribution in [0, 0.1) is 52.4 Å². The summed E-state index contributed by atoms with van der Waals surface area (Å²) in [7, 11) is 0. The normalized spacial score (nSPS) is 11.0. The van der Waals surface area contributed by atoms with E-state index in [2.05, 4.69) is 0 Å². The van der Waals surface area contributed by atoms with Crippen molar-refractivity contribution in [3.8, 4) is 0 Å². The first-order valence-electron chi connectivity index (χ1n) is 7.34. The van der Waals surface area contributed by atoms with E-state index in [1.807, 2.05) is 0 Å². The molecule has 0 aliphatic carbocycles. The van der Waals surface area contributed by atoms with Crippen molar-refractivity contribution in [1.82, 2.24) is 0 Å². The van der Waals surface area contributed by atoms with Crippen LogP contribution in [0.3, 0.4) is 0 Å². The van der Waals surface area contributed by atoms with E-state index in [4.69, 9.17) is 0 Å². The smallest absolute Gasteiger partial charge is 0.194 e. The van der Waals surface area contributed by atoms with Crippen molar-refractivity contribution < 1.29 is 39.5 Å². The minimum absolute atomic E-state index is 0.358. The van der Waals surface area contributed by atoms with Crippen LogP contribution < -0.4 is 4.90 Å². The number of hydrogen-bond acceptors (Lipinski definition) is 1. The molecule has 0 aliphatic rings. The Balaban J connectivity index is 2.32. The fourth-order valence-corrected chi connectivity index (χ4v) is 2.46. The van der Waals surface area contributed by atoms with E-state index in [-0.39, 0.29) is 0 Å². The van der Waals surface area contributed by atoms with E-state index in [1.165, 1.54) is 0 Å². The molecule has 0 N–H and O–H groups in total. The molecule has 0 heterocycles. The van der Waals surface area contributed by atoms with Gasteiger partial charge in [-0.05, 0) is 0 Å². The van der Waals surface area contributed by atoms with Crippen molar-refractivity contribution in [2.75, 3.05) is 4.90 Å². The van der Waals surface area contributed by atoms with Crippen LogP contribution in [0.25, 0.3) is 0 Å². The number of halogens is 9. The molecule has 3 aromatic rings. The van der Waals surface area contributed by atoms with Gasteiger partial charge in [0, 0.05) is 36.4 Å². The highest BCUT2D eigenvalue weighted by Gasteiger charge is 2.23. The molecule has 0 spiro atoms. The number of hydrogen-bond donors (Lipinski definition) is 0. The second-order valence-electron chi connectivity index (χ2n) is 5.51. The van der Waals surface area contributed by atoms with E-state index in [9.17, 15) is 39.5 Å². The Morgan fingerprint density at radius 2 is 0.536 bits per heavy atom. The second kappa shape index (κ2) is 7.10. The van der Waals surface area contributed by atoms with E-state index >= 15 is 0 Å². The third-order valence-electron chi connectivity index (χ3n) is 3.68. The number of benzene rings is 3. The third kappa shape index (κ3) is 3.37. The van der Waals surface area contributed by atoms with E-state index in [1.54, 1.807) is 0 Å². The second-order valence-corrected chi connectivity index (χ2v) is 5.51. The summed E-state index contributed by atoms with van der Waals surface area (Å²) in [5.74, 6) is -16.0. The molecule has 0 saturated heterocycles. The summed E-state index contributed by atoms with van der Waals surface area (Å²) in [5, 5.41) is 0. The van der Waals surface area contributed by atoms with Crippen LogP contribution in [0.5, 0.6) is 0 Å². The predicted molar refractivity (Wildman–Crippen MR) is 80.7 cm³/mol. The maximum absolute atomic E-state index is 13.6. The molecule has 3 rings (SSSR count). The molecule has 0 unspecified atom stereocenters. The highest BCUT2D eigenvalue weighted by molar-refractivity contribution is 5.76. The van der Waals surface area contributed by atoms with Crippen molar-refractivity contribution in [3.05, 3.63) is 88.8 Å². The molecule has 0 bridgehead atoms. The van der Waals surface area contributed by atoms with Crippen LogP contribution in [0.15, 0.2) is 36.4 Å². The quantitative estimate of drug-likeness (QED) is 0.358. The van der Waals surface area contributed by atoms with E-state index in [0.29, 0.717) is 41.3 Å². The SMILES string of the molecule is Fc1cc(N(c2cc(F)c(F)c(F)c2)c2cc(F)c(F)c(F)c2)cc(F)c1F. The summed E-state index contributed by atoms with van der Waals surface area (Å²) in [6.07, 6.45) is 0. The Kier molecular flexibility index (Phi) is 4.97. The van der Waals surface area contributed by atoms with Crippen LogP contribution in [0.2, 0.25) is 0 Å². The highest BCUT2D eigenvalue weighted by atomic mass is 19.2. The lowest BCUT2D eigenvalue weighted by Crippen LogP contribution is -2.14. The zero-order valence-corrected chi connectivity index (χ0v) is 13.3. The minimum Gasteiger partial charge on any atom is -0.310 e. The molecule has 0 amide bonds. The van der Waals surface area contributed by atoms with Gasteiger partial charge in [-0.2, -0.15) is 0 Å². The van der Waals surface area contributed by atoms with Gasteiger partial charge in [0.25, 0.3) is 0 Å². The van der Waals surface area contributed by atoms with E-state index < -0.39 is 69.4 Å². The monoisotopic (exact) mass is 407 g/mol. The number of anilines is 3. The predicted octanol–water partition coefficient (Wildman–Crippen LogP) is 6.41. The largest absolute Gasteiger partial charge is 0.310 e. The molecule has 146 valence electrons. The van der Waals surface area contributed by atoms with Gasteiger partial charge < -0.3 is 4.90 Å². The summed E-state index contributed by atoms with van der Waals surface area (Å²) in [4.78, 5) is 0.475. The first-order chi connectivity index (χ1) is 13.1. The third-order valence-corrected chi connectivity index (χ3v) is 3.68. The Morgan fingerprint density at radius 3 is 0.714 bits per heavy atom. The topological polar surface area (TPSA) is 3.24 Å². The van der Waals surface area contributed by atoms with Crippen molar-refractivity contribution in [1.29, 1.82) is 0 Å². The summed E-state index contributed by atoms with van der Waals surface area (Å²) >= 11 is 0. The van der Waals surface area contributed by atoms with Crippen molar-refractivity contribution in [3.63, 3.8) is 0 Å². The molecular weight excluding hydrogens is 401 g/mol. The molecule has 0 saturated carbocycles. The van der Waals surface area contributed by atoms with Gasteiger partial charge in [0.2, 0.25) is 0 Å². The molecule has 3 aromatic carbocycles. The van der Waals surface area contributed by atoms with Crippen LogP contribution >= 0.6 is 0 Å². The van der Waals surface area contributed by atoms with Crippen LogP contribution in [-0.4, -0.2) is 0 Å². The molecule has 28 heavy (non-hydrogen) atoms. The lowest BCUT2D eigenvalue weighted by Gasteiger charge is -2.26. The lowest BCUT2D eigenvalue weighted by atomic mass is 10.1. The lowest BCUT2D eigenvalue weighted by molar-refractivity contribution is 0.445. The summed E-state index contributed by atoms with van der Waals surface area (Å²) in [5.41, 5.74) is -2.02. The van der Waals surface area contributed by atoms with Gasteiger partial charge in [0.05, 0.1) is 17.1 Å². The summed E-state index contributed by atoms with van der Waals surface area (Å²) < 4.78 is 121. The number of nitrogens with zero attached hydrogens (tertiary/aromatic N) is 1. The van der Waals surface area contributed by atoms with Crippen molar-refractivity contribution >= 4 is 17.1 Å². The average molecular weight is 407 g/mol. The zero-order valence-electron chi connectivity index (χ0n) is 13.3. The van der Waals surface area contributed by atoms with Crippen molar-refractivity contribution in [2.45, 2.75) is 0 Å². The molecular formula is C18H6F9N. The molecule has 0 atom stereocenters. The fourth-order valence-electron chi connectivity index (χ4n) is 2.46. The van der Waals surface area contributed by atoms with Gasteiger partial charge >= 0.3 is 0 Å². The minimum atomic E-state index is -1.88. The van der Waals surface area contributed by atoms with Gasteiger partial charge in [-0.15, -0.1) is 0 Å². The van der Waals surface area contributed by atoms with Gasteiger partial charge in [-0.3, -0.25) is 0 Å². The molecule has 0 fully saturated rings. The maximum atomic E-state index is 13.6. The first kappa shape index (κ1) is 19.6. The fraction of sp³-hybridized carbons (Fsp3) is 0. The molecule has 0 aliphatic heterocycles. The number of rotatable bonds is 3. The standard InChI is InChI=1S/C18H6F9N/c19-10-1-7(2-11(20)16(10)25)28(8-3-12(21)17(26)13(22)4-8)9-5-14(23)18(27)15(24)6-9/h1-6H. The van der Waals surface area contributed by atoms with Crippen molar-refractivity contribution in [2.24, 2.45) is 0 Å². The van der Waals surface area contributed by atoms with Crippen LogP contribution in [0.1, 0.15) is 0 Å². The first-order valence-corrected chi connectivity index (χ1v) is 7.34. The Bertz CT molecular complexity index is 875. The highest BCUT2D eigenvalue weighted by Crippen LogP contribution is 2.38. The average Bonchev–Trinajstić information content (AvgIpc) is 2.62. The van der Waals surface area contributed by atoms with Gasteiger partial charge in [0.1, 0.15) is 0 Å². The zero-order chi connectivity index (χ0) is 20.7. The van der Waals surface area contributed by atoms with Crippen LogP contribution in [-0.2, 0) is 0 Å². The molecule has 1 nitrogen and oxygen atoms in total. The van der Waals surface area contributed by atoms with Gasteiger partial charge in [-0.1, -0.05) is 0 Å².